The number of anilines is 3. The van der Waals surface area contributed by atoms with E-state index in [4.69, 9.17) is 14.2 Å². The van der Waals surface area contributed by atoms with Gasteiger partial charge in [0.05, 0.1) is 24.9 Å². The molecule has 2 aromatic heterocycles. The van der Waals surface area contributed by atoms with Gasteiger partial charge in [-0.1, -0.05) is 0 Å². The summed E-state index contributed by atoms with van der Waals surface area (Å²) in [5, 5.41) is 13.0. The summed E-state index contributed by atoms with van der Waals surface area (Å²) in [6.07, 6.45) is -1.08. The van der Waals surface area contributed by atoms with Crippen LogP contribution in [0, 0.1) is 11.3 Å². The Kier molecular flexibility index (Phi) is 9.43. The van der Waals surface area contributed by atoms with Crippen molar-refractivity contribution in [3.63, 3.8) is 0 Å². The number of methoxy groups -OCH3 is 1. The fourth-order valence-corrected chi connectivity index (χ4v) is 5.24. The Morgan fingerprint density at radius 3 is 2.50 bits per heavy atom. The van der Waals surface area contributed by atoms with E-state index >= 15 is 8.78 Å². The Labute approximate surface area is 266 Å². The molecule has 1 amide bonds. The van der Waals surface area contributed by atoms with Crippen LogP contribution in [0.5, 0.6) is 11.6 Å². The predicted molar refractivity (Wildman–Crippen MR) is 168 cm³/mol. The number of likely N-dealkylation sites (N-methyl/N-ethyl adjacent to an activating group) is 1. The highest BCUT2D eigenvalue weighted by Gasteiger charge is 2.48. The van der Waals surface area contributed by atoms with Gasteiger partial charge in [0, 0.05) is 50.8 Å². The van der Waals surface area contributed by atoms with Gasteiger partial charge >= 0.3 is 12.0 Å². The third-order valence-corrected chi connectivity index (χ3v) is 7.65. The van der Waals surface area contributed by atoms with Crippen LogP contribution in [0.4, 0.5) is 30.9 Å². The van der Waals surface area contributed by atoms with Crippen LogP contribution in [0.2, 0.25) is 0 Å². The number of likely N-dealkylation sites (tertiary alicyclic amines) is 1. The fourth-order valence-electron chi connectivity index (χ4n) is 5.24. The van der Waals surface area contributed by atoms with Crippen molar-refractivity contribution in [3.05, 3.63) is 48.3 Å². The maximum absolute atomic E-state index is 15.1. The molecule has 0 saturated carbocycles. The van der Waals surface area contributed by atoms with Gasteiger partial charge < -0.3 is 34.2 Å². The lowest BCUT2D eigenvalue weighted by Gasteiger charge is -2.38. The van der Waals surface area contributed by atoms with Gasteiger partial charge in [-0.3, -0.25) is 0 Å². The molecule has 0 bridgehead atoms. The Morgan fingerprint density at radius 1 is 1.07 bits per heavy atom. The quantitative estimate of drug-likeness (QED) is 0.379. The van der Waals surface area contributed by atoms with E-state index in [1.54, 1.807) is 40.0 Å². The first-order valence-electron chi connectivity index (χ1n) is 15.0. The van der Waals surface area contributed by atoms with E-state index in [-0.39, 0.29) is 24.3 Å². The van der Waals surface area contributed by atoms with Crippen molar-refractivity contribution in [1.82, 2.24) is 24.8 Å². The van der Waals surface area contributed by atoms with E-state index in [0.717, 1.165) is 36.8 Å². The lowest BCUT2D eigenvalue weighted by molar-refractivity contribution is -0.137. The molecular formula is C32H38F2N8O4. The number of carbonyl (C=O) groups excluding carboxylic acids is 1. The SMILES string of the molecule is COc1nc(Nc2cc(-c3ccc(OC4CCN(C(=O)OC(C)(C)C)CC4(F)F)c(C#N)c3)ncn2)ccc1N1CCN(C)CC1. The molecule has 0 radical (unpaired) electrons. The molecule has 14 heteroatoms. The van der Waals surface area contributed by atoms with Crippen molar-refractivity contribution in [1.29, 1.82) is 5.26 Å². The van der Waals surface area contributed by atoms with Gasteiger partial charge in [-0.15, -0.1) is 0 Å². The minimum Gasteiger partial charge on any atom is -0.483 e. The number of pyridine rings is 1. The standard InChI is InChI=1S/C32H38F2N8O4/c1-31(2,3)46-30(43)42-11-10-26(32(33,34)19-42)45-25-8-6-21(16-22(25)18-35)23-17-28(37-20-36-23)38-27-9-7-24(29(39-27)44-5)41-14-12-40(4)13-15-41/h6-9,16-17,20,26H,10-15,19H2,1-5H3,(H,36,37,38,39). The van der Waals surface area contributed by atoms with E-state index in [2.05, 4.69) is 37.1 Å². The Bertz CT molecular complexity index is 1600. The van der Waals surface area contributed by atoms with Crippen LogP contribution in [-0.2, 0) is 4.74 Å². The number of amides is 1. The van der Waals surface area contributed by atoms with Crippen LogP contribution in [-0.4, -0.2) is 102 Å². The highest BCUT2D eigenvalue weighted by molar-refractivity contribution is 5.69. The summed E-state index contributed by atoms with van der Waals surface area (Å²) in [4.78, 5) is 31.1. The third kappa shape index (κ3) is 7.71. The summed E-state index contributed by atoms with van der Waals surface area (Å²) >= 11 is 0. The van der Waals surface area contributed by atoms with Crippen molar-refractivity contribution in [2.45, 2.75) is 44.8 Å². The number of aromatic nitrogens is 3. The first-order chi connectivity index (χ1) is 21.8. The number of hydrogen-bond acceptors (Lipinski definition) is 11. The number of carbonyl (C=O) groups is 1. The number of hydrogen-bond donors (Lipinski definition) is 1. The Balaban J connectivity index is 1.28. The molecule has 2 saturated heterocycles. The van der Waals surface area contributed by atoms with Gasteiger partial charge in [-0.05, 0) is 58.2 Å². The number of alkyl halides is 2. The van der Waals surface area contributed by atoms with E-state index in [1.165, 1.54) is 18.5 Å². The molecule has 2 aliphatic heterocycles. The minimum absolute atomic E-state index is 0.0192. The average molecular weight is 637 g/mol. The first-order valence-corrected chi connectivity index (χ1v) is 15.0. The summed E-state index contributed by atoms with van der Waals surface area (Å²) in [6.45, 7) is 7.87. The zero-order chi connectivity index (χ0) is 33.1. The summed E-state index contributed by atoms with van der Waals surface area (Å²) in [7, 11) is 3.68. The third-order valence-electron chi connectivity index (χ3n) is 7.65. The van der Waals surface area contributed by atoms with Crippen molar-refractivity contribution in [3.8, 4) is 29.0 Å². The molecular weight excluding hydrogens is 598 g/mol. The summed E-state index contributed by atoms with van der Waals surface area (Å²) < 4.78 is 46.7. The number of nitrogens with one attached hydrogen (secondary N) is 1. The van der Waals surface area contributed by atoms with Crippen LogP contribution < -0.4 is 19.7 Å². The zero-order valence-corrected chi connectivity index (χ0v) is 26.6. The fraction of sp³-hybridized carbons (Fsp3) is 0.469. The molecule has 3 aromatic rings. The summed E-state index contributed by atoms with van der Waals surface area (Å²) in [6, 6.07) is 12.2. The Morgan fingerprint density at radius 2 is 1.83 bits per heavy atom. The van der Waals surface area contributed by atoms with E-state index in [1.807, 2.05) is 18.2 Å². The monoisotopic (exact) mass is 636 g/mol. The topological polar surface area (TPSA) is 129 Å². The van der Waals surface area contributed by atoms with E-state index in [0.29, 0.717) is 28.8 Å². The van der Waals surface area contributed by atoms with Crippen molar-refractivity contribution in [2.24, 2.45) is 0 Å². The summed E-state index contributed by atoms with van der Waals surface area (Å²) in [5.74, 6) is -1.85. The van der Waals surface area contributed by atoms with Gasteiger partial charge in [0.2, 0.25) is 5.88 Å². The summed E-state index contributed by atoms with van der Waals surface area (Å²) in [5.41, 5.74) is 1.25. The normalized spacial score (nSPS) is 18.4. The molecule has 0 aliphatic carbocycles. The smallest absolute Gasteiger partial charge is 0.410 e. The maximum Gasteiger partial charge on any atom is 0.410 e. The second kappa shape index (κ2) is 13.3. The number of benzene rings is 1. The molecule has 1 atom stereocenters. The first kappa shape index (κ1) is 32.6. The number of rotatable bonds is 7. The lowest BCUT2D eigenvalue weighted by atomic mass is 10.0. The minimum atomic E-state index is -3.35. The zero-order valence-electron chi connectivity index (χ0n) is 26.6. The Hall–Kier alpha value is -4.77. The van der Waals surface area contributed by atoms with Crippen LogP contribution >= 0.6 is 0 Å². The molecule has 5 rings (SSSR count). The van der Waals surface area contributed by atoms with Gasteiger partial charge in [-0.2, -0.15) is 10.2 Å². The van der Waals surface area contributed by atoms with Gasteiger partial charge in [0.25, 0.3) is 0 Å². The van der Waals surface area contributed by atoms with Crippen LogP contribution in [0.15, 0.2) is 42.7 Å². The lowest BCUT2D eigenvalue weighted by Crippen LogP contribution is -2.56. The van der Waals surface area contributed by atoms with E-state index < -0.39 is 30.3 Å². The predicted octanol–water partition coefficient (Wildman–Crippen LogP) is 4.94. The molecule has 12 nitrogen and oxygen atoms in total. The van der Waals surface area contributed by atoms with Crippen molar-refractivity contribution >= 4 is 23.4 Å². The van der Waals surface area contributed by atoms with Crippen LogP contribution in [0.1, 0.15) is 32.8 Å². The molecule has 1 aromatic carbocycles. The number of nitriles is 1. The molecule has 46 heavy (non-hydrogen) atoms. The second-order valence-corrected chi connectivity index (χ2v) is 12.3. The molecule has 0 spiro atoms. The van der Waals surface area contributed by atoms with Crippen LogP contribution in [0.3, 0.4) is 0 Å². The number of piperazine rings is 1. The molecule has 2 aliphatic rings. The molecule has 244 valence electrons. The van der Waals surface area contributed by atoms with Gasteiger partial charge in [-0.25, -0.2) is 23.5 Å². The maximum atomic E-state index is 15.1. The molecule has 2 fully saturated rings. The van der Waals surface area contributed by atoms with Crippen molar-refractivity contribution in [2.75, 3.05) is 63.6 Å². The number of ether oxygens (including phenoxy) is 3. The largest absolute Gasteiger partial charge is 0.483 e. The average Bonchev–Trinajstić information content (AvgIpc) is 3.01. The number of nitrogens with zero attached hydrogens (tertiary/aromatic N) is 7. The van der Waals surface area contributed by atoms with Crippen LogP contribution in [0.25, 0.3) is 11.3 Å². The highest BCUT2D eigenvalue weighted by atomic mass is 19.3. The number of halogens is 2. The van der Waals surface area contributed by atoms with Crippen molar-refractivity contribution < 1.29 is 27.8 Å². The molecule has 1 unspecified atom stereocenters. The molecule has 4 heterocycles. The molecule has 1 N–H and O–H groups in total. The van der Waals surface area contributed by atoms with Gasteiger partial charge in [0.15, 0.2) is 6.10 Å². The second-order valence-electron chi connectivity index (χ2n) is 12.3. The highest BCUT2D eigenvalue weighted by Crippen LogP contribution is 2.35. The van der Waals surface area contributed by atoms with E-state index in [9.17, 15) is 10.1 Å². The number of piperidine rings is 1. The van der Waals surface area contributed by atoms with Gasteiger partial charge in [0.1, 0.15) is 41.1 Å².